The van der Waals surface area contributed by atoms with Gasteiger partial charge in [-0.3, -0.25) is 0 Å². The molecule has 2 aromatic rings. The van der Waals surface area contributed by atoms with E-state index in [0.29, 0.717) is 17.7 Å². The topological polar surface area (TPSA) is 211 Å². The van der Waals surface area contributed by atoms with Crippen molar-refractivity contribution in [1.82, 2.24) is 0 Å². The molecule has 0 aromatic heterocycles. The van der Waals surface area contributed by atoms with Gasteiger partial charge in [-0.2, -0.15) is 0 Å². The van der Waals surface area contributed by atoms with Gasteiger partial charge < -0.3 is 50.0 Å². The SMILES string of the molecule is CCCOC(=O)c1ccc(O)cc1.COC(=O)c1ccc(O)cc1.O=C[C@H](O)[C@@H](O)[C@H](O)[C@H](O)CO. The molecule has 200 valence electrons. The largest absolute Gasteiger partial charge is 0.508 e. The highest BCUT2D eigenvalue weighted by atomic mass is 16.5. The maximum Gasteiger partial charge on any atom is 0.338 e. The van der Waals surface area contributed by atoms with Crippen molar-refractivity contribution in [3.8, 4) is 11.5 Å². The number of carbonyl (C=O) groups is 3. The molecule has 0 unspecified atom stereocenters. The van der Waals surface area contributed by atoms with Crippen LogP contribution >= 0.6 is 0 Å². The number of rotatable bonds is 9. The quantitative estimate of drug-likeness (QED) is 0.171. The Kier molecular flexibility index (Phi) is 16.1. The van der Waals surface area contributed by atoms with E-state index in [4.69, 9.17) is 40.5 Å². The van der Waals surface area contributed by atoms with Crippen molar-refractivity contribution in [2.24, 2.45) is 0 Å². The average Bonchev–Trinajstić information content (AvgIpc) is 2.90. The summed E-state index contributed by atoms with van der Waals surface area (Å²) in [5.41, 5.74) is 0.900. The minimum Gasteiger partial charge on any atom is -0.508 e. The third-order valence-corrected chi connectivity index (χ3v) is 4.25. The average molecular weight is 513 g/mol. The fraction of sp³-hybridized carbons (Fsp3) is 0.375. The molecule has 0 bridgehead atoms. The number of phenols is 2. The van der Waals surface area contributed by atoms with Gasteiger partial charge in [0, 0.05) is 0 Å². The lowest BCUT2D eigenvalue weighted by atomic mass is 10.0. The molecule has 0 aliphatic carbocycles. The highest BCUT2D eigenvalue weighted by molar-refractivity contribution is 5.89. The minimum absolute atomic E-state index is 0.0258. The van der Waals surface area contributed by atoms with Gasteiger partial charge in [0.2, 0.25) is 0 Å². The molecule has 36 heavy (non-hydrogen) atoms. The summed E-state index contributed by atoms with van der Waals surface area (Å²) in [5, 5.41) is 61.4. The number of esters is 2. The van der Waals surface area contributed by atoms with E-state index in [1.807, 2.05) is 6.92 Å². The van der Waals surface area contributed by atoms with Crippen molar-refractivity contribution in [3.05, 3.63) is 59.7 Å². The molecule has 0 radical (unpaired) electrons. The van der Waals surface area contributed by atoms with Crippen molar-refractivity contribution in [3.63, 3.8) is 0 Å². The molecule has 12 nitrogen and oxygen atoms in total. The molecule has 0 saturated carbocycles. The molecular formula is C24H32O12. The summed E-state index contributed by atoms with van der Waals surface area (Å²) in [7, 11) is 1.31. The Bertz CT molecular complexity index is 898. The van der Waals surface area contributed by atoms with Gasteiger partial charge in [0.1, 0.15) is 35.9 Å². The number of phenolic OH excluding ortho intramolecular Hbond substituents is 2. The van der Waals surface area contributed by atoms with Crippen LogP contribution in [-0.2, 0) is 14.3 Å². The maximum absolute atomic E-state index is 11.2. The number of hydrogen-bond donors (Lipinski definition) is 7. The first-order valence-corrected chi connectivity index (χ1v) is 10.6. The summed E-state index contributed by atoms with van der Waals surface area (Å²) in [6, 6.07) is 11.9. The van der Waals surface area contributed by atoms with Crippen LogP contribution in [0, 0.1) is 0 Å². The van der Waals surface area contributed by atoms with Crippen LogP contribution in [0.3, 0.4) is 0 Å². The molecule has 4 atom stereocenters. The third kappa shape index (κ3) is 12.2. The van der Waals surface area contributed by atoms with Gasteiger partial charge >= 0.3 is 11.9 Å². The number of aromatic hydroxyl groups is 2. The number of hydrogen-bond acceptors (Lipinski definition) is 12. The van der Waals surface area contributed by atoms with Crippen molar-refractivity contribution in [2.45, 2.75) is 37.8 Å². The first kappa shape index (κ1) is 32.5. The molecule has 7 N–H and O–H groups in total. The van der Waals surface area contributed by atoms with Gasteiger partial charge in [0.25, 0.3) is 0 Å². The second-order valence-electron chi connectivity index (χ2n) is 7.08. The zero-order valence-electron chi connectivity index (χ0n) is 19.8. The van der Waals surface area contributed by atoms with E-state index in [0.717, 1.165) is 6.42 Å². The number of aliphatic hydroxyl groups excluding tert-OH is 5. The molecule has 2 aromatic carbocycles. The summed E-state index contributed by atoms with van der Waals surface area (Å²) < 4.78 is 9.35. The number of aldehydes is 1. The summed E-state index contributed by atoms with van der Waals surface area (Å²) in [6.07, 6.45) is -6.03. The van der Waals surface area contributed by atoms with Gasteiger partial charge in [-0.05, 0) is 55.0 Å². The van der Waals surface area contributed by atoms with Crippen LogP contribution in [0.2, 0.25) is 0 Å². The Labute approximate surface area is 207 Å². The zero-order valence-corrected chi connectivity index (χ0v) is 19.8. The molecule has 0 saturated heterocycles. The van der Waals surface area contributed by atoms with Gasteiger partial charge in [-0.15, -0.1) is 0 Å². The van der Waals surface area contributed by atoms with Gasteiger partial charge in [-0.25, -0.2) is 9.59 Å². The lowest BCUT2D eigenvalue weighted by molar-refractivity contribution is -0.136. The fourth-order valence-corrected chi connectivity index (χ4v) is 2.21. The van der Waals surface area contributed by atoms with Crippen LogP contribution in [0.5, 0.6) is 11.5 Å². The predicted molar refractivity (Wildman–Crippen MR) is 125 cm³/mol. The summed E-state index contributed by atoms with van der Waals surface area (Å²) in [6.45, 7) is 1.60. The summed E-state index contributed by atoms with van der Waals surface area (Å²) >= 11 is 0. The Morgan fingerprint density at radius 2 is 1.28 bits per heavy atom. The molecule has 0 fully saturated rings. The highest BCUT2D eigenvalue weighted by Crippen LogP contribution is 2.11. The molecule has 0 amide bonds. The van der Waals surface area contributed by atoms with Crippen LogP contribution in [-0.4, -0.2) is 98.7 Å². The lowest BCUT2D eigenvalue weighted by Crippen LogP contribution is -2.46. The minimum atomic E-state index is -1.79. The van der Waals surface area contributed by atoms with Crippen molar-refractivity contribution >= 4 is 18.2 Å². The Balaban J connectivity index is 0.000000512. The Morgan fingerprint density at radius 1 is 0.833 bits per heavy atom. The predicted octanol–water partition coefficient (Wildman–Crippen LogP) is -0.241. The maximum atomic E-state index is 11.2. The molecule has 12 heteroatoms. The van der Waals surface area contributed by atoms with E-state index in [2.05, 4.69) is 4.74 Å². The van der Waals surface area contributed by atoms with Crippen molar-refractivity contribution in [1.29, 1.82) is 0 Å². The van der Waals surface area contributed by atoms with Crippen LogP contribution in [0.1, 0.15) is 34.1 Å². The monoisotopic (exact) mass is 512 g/mol. The van der Waals surface area contributed by atoms with E-state index in [1.54, 1.807) is 0 Å². The smallest absolute Gasteiger partial charge is 0.338 e. The van der Waals surface area contributed by atoms with Gasteiger partial charge in [-0.1, -0.05) is 6.92 Å². The van der Waals surface area contributed by atoms with Gasteiger partial charge in [0.15, 0.2) is 6.29 Å². The highest BCUT2D eigenvalue weighted by Gasteiger charge is 2.29. The molecular weight excluding hydrogens is 480 g/mol. The summed E-state index contributed by atoms with van der Waals surface area (Å²) in [5.74, 6) is -0.462. The molecule has 0 heterocycles. The first-order chi connectivity index (χ1) is 17.0. The Morgan fingerprint density at radius 3 is 1.64 bits per heavy atom. The lowest BCUT2D eigenvalue weighted by Gasteiger charge is -2.22. The van der Waals surface area contributed by atoms with E-state index in [9.17, 15) is 14.4 Å². The second-order valence-corrected chi connectivity index (χ2v) is 7.08. The first-order valence-electron chi connectivity index (χ1n) is 10.6. The number of ether oxygens (including phenoxy) is 2. The normalized spacial score (nSPS) is 13.3. The van der Waals surface area contributed by atoms with E-state index in [-0.39, 0.29) is 23.8 Å². The number of carbonyl (C=O) groups excluding carboxylic acids is 3. The van der Waals surface area contributed by atoms with Crippen molar-refractivity contribution in [2.75, 3.05) is 20.3 Å². The number of benzene rings is 2. The molecule has 0 spiro atoms. The fourth-order valence-electron chi connectivity index (χ4n) is 2.21. The van der Waals surface area contributed by atoms with Gasteiger partial charge in [0.05, 0.1) is 31.5 Å². The molecule has 2 rings (SSSR count). The van der Waals surface area contributed by atoms with E-state index < -0.39 is 37.0 Å². The number of methoxy groups -OCH3 is 1. The van der Waals surface area contributed by atoms with Crippen LogP contribution in [0.15, 0.2) is 48.5 Å². The third-order valence-electron chi connectivity index (χ3n) is 4.25. The van der Waals surface area contributed by atoms with E-state index in [1.165, 1.54) is 55.6 Å². The standard InChI is InChI=1S/C10H12O3.C8H8O3.C6H12O6/c1-2-7-13-10(12)8-3-5-9(11)6-4-8;1-11-8(10)6-2-4-7(9)5-3-6;7-1-3(9)5(11)6(12)4(10)2-8/h3-6,11H,2,7H2,1H3;2-5,9H,1H3;1,3-6,8-12H,2H2/t;;3-,4+,5+,6+/m..0/s1. The zero-order chi connectivity index (χ0) is 27.7. The van der Waals surface area contributed by atoms with Crippen LogP contribution in [0.4, 0.5) is 0 Å². The van der Waals surface area contributed by atoms with Crippen LogP contribution in [0.25, 0.3) is 0 Å². The number of aliphatic hydroxyl groups is 5. The van der Waals surface area contributed by atoms with E-state index >= 15 is 0 Å². The second kappa shape index (κ2) is 17.8. The van der Waals surface area contributed by atoms with Crippen molar-refractivity contribution < 1.29 is 59.6 Å². The Hall–Kier alpha value is -3.55. The summed E-state index contributed by atoms with van der Waals surface area (Å²) in [4.78, 5) is 31.9. The van der Waals surface area contributed by atoms with Crippen LogP contribution < -0.4 is 0 Å². The molecule has 0 aliphatic heterocycles. The molecule has 0 aliphatic rings.